The van der Waals surface area contributed by atoms with E-state index in [4.69, 9.17) is 27.9 Å². The number of ether oxygens (including phenoxy) is 1. The van der Waals surface area contributed by atoms with Crippen molar-refractivity contribution < 1.29 is 9.53 Å². The Morgan fingerprint density at radius 3 is 2.62 bits per heavy atom. The summed E-state index contributed by atoms with van der Waals surface area (Å²) >= 11 is 12.6. The Morgan fingerprint density at radius 1 is 1.23 bits per heavy atom. The van der Waals surface area contributed by atoms with Crippen LogP contribution in [0.2, 0.25) is 10.0 Å². The number of pyridine rings is 1. The number of carbonyl (C=O) groups is 1. The lowest BCUT2D eigenvalue weighted by Crippen LogP contribution is -1.97. The van der Waals surface area contributed by atoms with Gasteiger partial charge < -0.3 is 9.53 Å². The van der Waals surface area contributed by atoms with Gasteiger partial charge in [-0.3, -0.25) is 0 Å². The minimum Gasteiger partial charge on any atom is -0.437 e. The van der Waals surface area contributed by atoms with E-state index in [1.807, 2.05) is 37.3 Å². The highest BCUT2D eigenvalue weighted by Gasteiger charge is 2.12. The van der Waals surface area contributed by atoms with Gasteiger partial charge in [0, 0.05) is 18.7 Å². The van der Waals surface area contributed by atoms with Crippen LogP contribution in [0.5, 0.6) is 11.6 Å². The summed E-state index contributed by atoms with van der Waals surface area (Å²) in [7, 11) is 0. The Labute approximate surface area is 165 Å². The van der Waals surface area contributed by atoms with Crippen LogP contribution < -0.4 is 4.74 Å². The number of aromatic nitrogens is 1. The Hall–Kier alpha value is -1.84. The average Bonchev–Trinajstić information content (AvgIpc) is 2.60. The van der Waals surface area contributed by atoms with Gasteiger partial charge in [0.15, 0.2) is 0 Å². The van der Waals surface area contributed by atoms with Crippen LogP contribution in [-0.2, 0) is 11.2 Å². The minimum atomic E-state index is 0.185. The van der Waals surface area contributed by atoms with E-state index >= 15 is 0 Å². The summed E-state index contributed by atoms with van der Waals surface area (Å²) in [5.41, 5.74) is 1.95. The van der Waals surface area contributed by atoms with E-state index in [0.29, 0.717) is 28.1 Å². The van der Waals surface area contributed by atoms with E-state index in [1.165, 1.54) is 0 Å². The number of benzene rings is 1. The van der Waals surface area contributed by atoms with Crippen molar-refractivity contribution in [3.8, 4) is 11.6 Å². The minimum absolute atomic E-state index is 0.185. The normalized spacial score (nSPS) is 12.3. The zero-order chi connectivity index (χ0) is 19.1. The number of allylic oxidation sites excluding steroid dienone is 1. The third-order valence-corrected chi connectivity index (χ3v) is 4.75. The molecule has 0 radical (unpaired) electrons. The highest BCUT2D eigenvalue weighted by Crippen LogP contribution is 2.37. The zero-order valence-corrected chi connectivity index (χ0v) is 16.8. The van der Waals surface area contributed by atoms with Crippen molar-refractivity contribution in [2.45, 2.75) is 40.0 Å². The zero-order valence-electron chi connectivity index (χ0n) is 15.3. The SMILES string of the molecule is CCCc1ccc(Oc2ccc(/C=C/[C@H](C)CC(C)=O)cn2)c(Cl)c1Cl. The van der Waals surface area contributed by atoms with Crippen molar-refractivity contribution >= 4 is 35.1 Å². The van der Waals surface area contributed by atoms with E-state index in [0.717, 1.165) is 24.0 Å². The fraction of sp³-hybridized carbons (Fsp3) is 0.333. The fourth-order valence-electron chi connectivity index (χ4n) is 2.57. The molecule has 0 saturated heterocycles. The quantitative estimate of drug-likeness (QED) is 0.498. The van der Waals surface area contributed by atoms with E-state index in [-0.39, 0.29) is 11.7 Å². The van der Waals surface area contributed by atoms with Gasteiger partial charge in [-0.2, -0.15) is 0 Å². The second kappa shape index (κ2) is 9.75. The van der Waals surface area contributed by atoms with Crippen LogP contribution in [0.15, 0.2) is 36.5 Å². The van der Waals surface area contributed by atoms with E-state index in [2.05, 4.69) is 11.9 Å². The first-order valence-corrected chi connectivity index (χ1v) is 9.44. The van der Waals surface area contributed by atoms with E-state index in [1.54, 1.807) is 19.2 Å². The van der Waals surface area contributed by atoms with Crippen molar-refractivity contribution in [1.29, 1.82) is 0 Å². The van der Waals surface area contributed by atoms with Crippen LogP contribution in [0.1, 0.15) is 44.7 Å². The van der Waals surface area contributed by atoms with Gasteiger partial charge >= 0.3 is 0 Å². The summed E-state index contributed by atoms with van der Waals surface area (Å²) in [4.78, 5) is 15.4. The molecule has 1 heterocycles. The first-order chi connectivity index (χ1) is 12.4. The lowest BCUT2D eigenvalue weighted by Gasteiger charge is -2.11. The van der Waals surface area contributed by atoms with Gasteiger partial charge in [0.1, 0.15) is 16.6 Å². The van der Waals surface area contributed by atoms with Gasteiger partial charge in [0.2, 0.25) is 5.88 Å². The second-order valence-electron chi connectivity index (χ2n) is 6.38. The molecule has 5 heteroatoms. The van der Waals surface area contributed by atoms with Crippen molar-refractivity contribution in [3.63, 3.8) is 0 Å². The Balaban J connectivity index is 2.06. The number of halogens is 2. The van der Waals surface area contributed by atoms with Crippen molar-refractivity contribution in [1.82, 2.24) is 4.98 Å². The monoisotopic (exact) mass is 391 g/mol. The predicted molar refractivity (Wildman–Crippen MR) is 108 cm³/mol. The number of Topliss-reactive ketones (excluding diaryl/α,β-unsaturated/α-hetero) is 1. The Kier molecular flexibility index (Phi) is 7.67. The van der Waals surface area contributed by atoms with E-state index < -0.39 is 0 Å². The molecule has 0 spiro atoms. The number of hydrogen-bond donors (Lipinski definition) is 0. The molecule has 0 fully saturated rings. The maximum absolute atomic E-state index is 11.1. The number of ketones is 1. The first kappa shape index (κ1) is 20.5. The summed E-state index contributed by atoms with van der Waals surface area (Å²) in [5, 5.41) is 0.937. The third-order valence-electron chi connectivity index (χ3n) is 3.85. The Morgan fingerprint density at radius 2 is 2.00 bits per heavy atom. The average molecular weight is 392 g/mol. The molecule has 3 nitrogen and oxygen atoms in total. The van der Waals surface area contributed by atoms with Gasteiger partial charge in [-0.1, -0.05) is 61.7 Å². The molecular weight excluding hydrogens is 369 g/mol. The van der Waals surface area contributed by atoms with Crippen LogP contribution in [0.3, 0.4) is 0 Å². The molecule has 0 amide bonds. The van der Waals surface area contributed by atoms with Gasteiger partial charge in [-0.05, 0) is 42.5 Å². The number of aryl methyl sites for hydroxylation is 1. The van der Waals surface area contributed by atoms with Crippen molar-refractivity contribution in [2.75, 3.05) is 0 Å². The number of carbonyl (C=O) groups excluding carboxylic acids is 1. The summed E-state index contributed by atoms with van der Waals surface area (Å²) in [5.74, 6) is 1.32. The molecule has 0 bridgehead atoms. The molecule has 138 valence electrons. The smallest absolute Gasteiger partial charge is 0.219 e. The molecule has 26 heavy (non-hydrogen) atoms. The third kappa shape index (κ3) is 5.86. The highest BCUT2D eigenvalue weighted by molar-refractivity contribution is 6.43. The van der Waals surface area contributed by atoms with Crippen molar-refractivity contribution in [3.05, 3.63) is 57.7 Å². The summed E-state index contributed by atoms with van der Waals surface area (Å²) < 4.78 is 5.76. The second-order valence-corrected chi connectivity index (χ2v) is 7.13. The Bertz CT molecular complexity index is 785. The van der Waals surface area contributed by atoms with Gasteiger partial charge in [0.25, 0.3) is 0 Å². The lowest BCUT2D eigenvalue weighted by atomic mass is 10.0. The van der Waals surface area contributed by atoms with E-state index in [9.17, 15) is 4.79 Å². The van der Waals surface area contributed by atoms with Gasteiger partial charge in [0.05, 0.1) is 5.02 Å². The van der Waals surface area contributed by atoms with Crippen LogP contribution in [-0.4, -0.2) is 10.8 Å². The molecule has 1 atom stereocenters. The molecular formula is C21H23Cl2NO2. The molecule has 0 saturated carbocycles. The molecule has 0 aliphatic heterocycles. The van der Waals surface area contributed by atoms with Crippen LogP contribution >= 0.6 is 23.2 Å². The van der Waals surface area contributed by atoms with Crippen molar-refractivity contribution in [2.24, 2.45) is 5.92 Å². The maximum atomic E-state index is 11.1. The summed E-state index contributed by atoms with van der Waals surface area (Å²) in [6, 6.07) is 7.43. The topological polar surface area (TPSA) is 39.2 Å². The fourth-order valence-corrected chi connectivity index (χ4v) is 3.05. The molecule has 1 aromatic heterocycles. The molecule has 0 aliphatic carbocycles. The first-order valence-electron chi connectivity index (χ1n) is 8.69. The molecule has 1 aromatic carbocycles. The predicted octanol–water partition coefficient (Wildman–Crippen LogP) is 6.76. The standard InChI is InChI=1S/C21H23Cl2NO2/c1-4-5-17-9-10-18(21(23)20(17)22)26-19-11-8-16(13-24-19)7-6-14(2)12-15(3)25/h6-11,13-14H,4-5,12H2,1-3H3/b7-6+/t14-/m0/s1. The number of hydrogen-bond acceptors (Lipinski definition) is 3. The lowest BCUT2D eigenvalue weighted by molar-refractivity contribution is -0.117. The van der Waals surface area contributed by atoms with Crippen LogP contribution in [0.25, 0.3) is 6.08 Å². The largest absolute Gasteiger partial charge is 0.437 e. The molecule has 2 aromatic rings. The molecule has 0 aliphatic rings. The summed E-state index contributed by atoms with van der Waals surface area (Å²) in [6.45, 7) is 5.70. The number of nitrogens with zero attached hydrogens (tertiary/aromatic N) is 1. The van der Waals surface area contributed by atoms with Gasteiger partial charge in [-0.25, -0.2) is 4.98 Å². The molecule has 2 rings (SSSR count). The highest BCUT2D eigenvalue weighted by atomic mass is 35.5. The molecule has 0 unspecified atom stereocenters. The maximum Gasteiger partial charge on any atom is 0.219 e. The molecule has 0 N–H and O–H groups in total. The summed E-state index contributed by atoms with van der Waals surface area (Å²) in [6.07, 6.45) is 8.08. The number of rotatable bonds is 8. The van der Waals surface area contributed by atoms with Crippen LogP contribution in [0, 0.1) is 5.92 Å². The van der Waals surface area contributed by atoms with Crippen LogP contribution in [0.4, 0.5) is 0 Å². The van der Waals surface area contributed by atoms with Gasteiger partial charge in [-0.15, -0.1) is 0 Å².